The van der Waals surface area contributed by atoms with Crippen molar-refractivity contribution in [3.63, 3.8) is 0 Å². The van der Waals surface area contributed by atoms with Crippen molar-refractivity contribution in [2.45, 2.75) is 33.6 Å². The number of aliphatic hydroxyl groups is 1. The van der Waals surface area contributed by atoms with E-state index in [0.717, 1.165) is 30.8 Å². The number of pyridine rings is 1. The van der Waals surface area contributed by atoms with Crippen LogP contribution >= 0.6 is 0 Å². The number of nitrogens with one attached hydrogen (secondary N) is 1. The Hall–Kier alpha value is -1.09. The molecule has 16 heavy (non-hydrogen) atoms. The van der Waals surface area contributed by atoms with Gasteiger partial charge in [-0.3, -0.25) is 4.98 Å². The second-order valence-corrected chi connectivity index (χ2v) is 4.41. The number of hydrogen-bond donors (Lipinski definition) is 2. The van der Waals surface area contributed by atoms with E-state index in [1.807, 2.05) is 25.3 Å². The predicted octanol–water partition coefficient (Wildman–Crippen LogP) is 2.60. The molecule has 2 N–H and O–H groups in total. The third kappa shape index (κ3) is 3.20. The van der Waals surface area contributed by atoms with Gasteiger partial charge in [0.15, 0.2) is 0 Å². The van der Waals surface area contributed by atoms with E-state index in [2.05, 4.69) is 24.1 Å². The zero-order valence-electron chi connectivity index (χ0n) is 10.5. The first-order chi connectivity index (χ1) is 7.65. The summed E-state index contributed by atoms with van der Waals surface area (Å²) in [4.78, 5) is 4.23. The van der Waals surface area contributed by atoms with E-state index in [4.69, 9.17) is 0 Å². The minimum Gasteiger partial charge on any atom is -0.396 e. The fourth-order valence-electron chi connectivity index (χ4n) is 1.64. The van der Waals surface area contributed by atoms with Crippen LogP contribution < -0.4 is 5.32 Å². The highest BCUT2D eigenvalue weighted by Gasteiger charge is 2.24. The molecule has 0 spiro atoms. The molecule has 0 amide bonds. The van der Waals surface area contributed by atoms with Gasteiger partial charge in [-0.2, -0.15) is 0 Å². The minimum absolute atomic E-state index is 0.00904. The summed E-state index contributed by atoms with van der Waals surface area (Å²) in [7, 11) is 0. The van der Waals surface area contributed by atoms with Crippen LogP contribution in [-0.4, -0.2) is 23.2 Å². The molecule has 0 aliphatic carbocycles. The van der Waals surface area contributed by atoms with Gasteiger partial charge in [-0.05, 0) is 31.9 Å². The molecule has 0 aromatic carbocycles. The van der Waals surface area contributed by atoms with Gasteiger partial charge in [0.05, 0.1) is 18.5 Å². The van der Waals surface area contributed by atoms with Crippen molar-refractivity contribution < 1.29 is 5.11 Å². The molecule has 0 aliphatic heterocycles. The summed E-state index contributed by atoms with van der Waals surface area (Å²) >= 11 is 0. The first kappa shape index (κ1) is 13.0. The molecule has 0 saturated heterocycles. The molecule has 1 rings (SSSR count). The number of anilines is 1. The van der Waals surface area contributed by atoms with Crippen molar-refractivity contribution in [1.82, 2.24) is 4.98 Å². The van der Waals surface area contributed by atoms with Gasteiger partial charge >= 0.3 is 0 Å². The van der Waals surface area contributed by atoms with E-state index in [9.17, 15) is 5.11 Å². The van der Waals surface area contributed by atoms with Crippen LogP contribution in [0.4, 0.5) is 5.69 Å². The maximum absolute atomic E-state index is 9.44. The first-order valence-corrected chi connectivity index (χ1v) is 5.93. The lowest BCUT2D eigenvalue weighted by Gasteiger charge is -2.29. The molecule has 0 fully saturated rings. The van der Waals surface area contributed by atoms with Crippen molar-refractivity contribution in [2.24, 2.45) is 5.41 Å². The highest BCUT2D eigenvalue weighted by Crippen LogP contribution is 2.25. The summed E-state index contributed by atoms with van der Waals surface area (Å²) in [5, 5.41) is 12.8. The number of rotatable bonds is 6. The number of nitrogens with zero attached hydrogens (tertiary/aromatic N) is 1. The third-order valence-electron chi connectivity index (χ3n) is 3.41. The van der Waals surface area contributed by atoms with Crippen molar-refractivity contribution in [2.75, 3.05) is 18.5 Å². The Balaban J connectivity index is 2.58. The lowest BCUT2D eigenvalue weighted by Crippen LogP contribution is -2.32. The summed E-state index contributed by atoms with van der Waals surface area (Å²) in [6, 6.07) is 4.01. The zero-order valence-corrected chi connectivity index (χ0v) is 10.5. The molecular formula is C13H22N2O. The first-order valence-electron chi connectivity index (χ1n) is 5.93. The minimum atomic E-state index is -0.00904. The summed E-state index contributed by atoms with van der Waals surface area (Å²) in [5.41, 5.74) is 2.03. The van der Waals surface area contributed by atoms with Crippen LogP contribution in [0.5, 0.6) is 0 Å². The zero-order chi connectivity index (χ0) is 12.0. The van der Waals surface area contributed by atoms with Crippen LogP contribution in [0.25, 0.3) is 0 Å². The quantitative estimate of drug-likeness (QED) is 0.777. The van der Waals surface area contributed by atoms with Gasteiger partial charge in [-0.15, -0.1) is 0 Å². The molecule has 0 saturated carbocycles. The van der Waals surface area contributed by atoms with Crippen LogP contribution in [0, 0.1) is 12.3 Å². The van der Waals surface area contributed by atoms with E-state index in [1.54, 1.807) is 0 Å². The second-order valence-electron chi connectivity index (χ2n) is 4.41. The van der Waals surface area contributed by atoms with Crippen molar-refractivity contribution in [1.29, 1.82) is 0 Å². The molecule has 1 heterocycles. The standard InChI is InChI=1S/C13H22N2O/c1-4-13(5-2,10-16)9-15-12-7-6-11(3)14-8-12/h6-8,15-16H,4-5,9-10H2,1-3H3. The average molecular weight is 222 g/mol. The Morgan fingerprint density at radius 1 is 1.31 bits per heavy atom. The smallest absolute Gasteiger partial charge is 0.0527 e. The van der Waals surface area contributed by atoms with E-state index in [1.165, 1.54) is 0 Å². The largest absolute Gasteiger partial charge is 0.396 e. The molecule has 90 valence electrons. The maximum atomic E-state index is 9.44. The number of aliphatic hydroxyl groups excluding tert-OH is 1. The number of hydrogen-bond acceptors (Lipinski definition) is 3. The van der Waals surface area contributed by atoms with Crippen LogP contribution in [0.15, 0.2) is 18.3 Å². The molecule has 0 radical (unpaired) electrons. The van der Waals surface area contributed by atoms with Crippen LogP contribution in [0.2, 0.25) is 0 Å². The summed E-state index contributed by atoms with van der Waals surface area (Å²) in [6.07, 6.45) is 3.79. The Labute approximate surface area is 97.9 Å². The average Bonchev–Trinajstić information content (AvgIpc) is 2.34. The highest BCUT2D eigenvalue weighted by atomic mass is 16.3. The van der Waals surface area contributed by atoms with Crippen molar-refractivity contribution in [3.8, 4) is 0 Å². The Bertz CT molecular complexity index is 296. The van der Waals surface area contributed by atoms with Crippen LogP contribution in [0.3, 0.4) is 0 Å². The van der Waals surface area contributed by atoms with Gasteiger partial charge in [-0.25, -0.2) is 0 Å². The fourth-order valence-corrected chi connectivity index (χ4v) is 1.64. The number of aryl methyl sites for hydroxylation is 1. The second kappa shape index (κ2) is 5.85. The van der Waals surface area contributed by atoms with Crippen molar-refractivity contribution in [3.05, 3.63) is 24.0 Å². The van der Waals surface area contributed by atoms with Gasteiger partial charge in [-0.1, -0.05) is 13.8 Å². The topological polar surface area (TPSA) is 45.1 Å². The molecule has 0 unspecified atom stereocenters. The van der Waals surface area contributed by atoms with Gasteiger partial charge in [0.1, 0.15) is 0 Å². The lowest BCUT2D eigenvalue weighted by atomic mass is 9.83. The molecule has 0 atom stereocenters. The SMILES string of the molecule is CCC(CC)(CO)CNc1ccc(C)nc1. The van der Waals surface area contributed by atoms with Gasteiger partial charge in [0, 0.05) is 17.7 Å². The third-order valence-corrected chi connectivity index (χ3v) is 3.41. The molecule has 0 aliphatic rings. The summed E-state index contributed by atoms with van der Waals surface area (Å²) in [6.45, 7) is 7.23. The van der Waals surface area contributed by atoms with Gasteiger partial charge < -0.3 is 10.4 Å². The van der Waals surface area contributed by atoms with Crippen LogP contribution in [-0.2, 0) is 0 Å². The molecular weight excluding hydrogens is 200 g/mol. The van der Waals surface area contributed by atoms with Gasteiger partial charge in [0.25, 0.3) is 0 Å². The lowest BCUT2D eigenvalue weighted by molar-refractivity contribution is 0.127. The molecule has 1 aromatic heterocycles. The predicted molar refractivity (Wildman–Crippen MR) is 67.6 cm³/mol. The maximum Gasteiger partial charge on any atom is 0.0527 e. The number of aromatic nitrogens is 1. The molecule has 3 heteroatoms. The Kier molecular flexibility index (Phi) is 4.74. The highest BCUT2D eigenvalue weighted by molar-refractivity contribution is 5.41. The summed E-state index contributed by atoms with van der Waals surface area (Å²) in [5.74, 6) is 0. The Morgan fingerprint density at radius 3 is 2.44 bits per heavy atom. The van der Waals surface area contributed by atoms with Crippen molar-refractivity contribution >= 4 is 5.69 Å². The van der Waals surface area contributed by atoms with E-state index < -0.39 is 0 Å². The fraction of sp³-hybridized carbons (Fsp3) is 0.615. The molecule has 3 nitrogen and oxygen atoms in total. The van der Waals surface area contributed by atoms with Crippen LogP contribution in [0.1, 0.15) is 32.4 Å². The Morgan fingerprint density at radius 2 is 2.00 bits per heavy atom. The van der Waals surface area contributed by atoms with E-state index >= 15 is 0 Å². The monoisotopic (exact) mass is 222 g/mol. The molecule has 1 aromatic rings. The van der Waals surface area contributed by atoms with E-state index in [0.29, 0.717) is 0 Å². The summed E-state index contributed by atoms with van der Waals surface area (Å²) < 4.78 is 0. The van der Waals surface area contributed by atoms with Gasteiger partial charge in [0.2, 0.25) is 0 Å². The van der Waals surface area contributed by atoms with E-state index in [-0.39, 0.29) is 12.0 Å². The normalized spacial score (nSPS) is 11.5. The molecule has 0 bridgehead atoms.